The quantitative estimate of drug-likeness (QED) is 0.728. The minimum absolute atomic E-state index is 0.129. The van der Waals surface area contributed by atoms with E-state index in [0.29, 0.717) is 11.4 Å². The lowest BCUT2D eigenvalue weighted by Crippen LogP contribution is -2.42. The molecule has 6 nitrogen and oxygen atoms in total. The Hall–Kier alpha value is -2.90. The molecular weight excluding hydrogens is 376 g/mol. The fraction of sp³-hybridized carbons (Fsp3) is 0.190. The third-order valence-electron chi connectivity index (χ3n) is 4.20. The topological polar surface area (TPSA) is 77.9 Å². The second-order valence-electron chi connectivity index (χ2n) is 6.20. The van der Waals surface area contributed by atoms with E-state index in [-0.39, 0.29) is 25.6 Å². The third kappa shape index (κ3) is 4.88. The summed E-state index contributed by atoms with van der Waals surface area (Å²) in [5.74, 6) is -0.864. The SMILES string of the molecule is O=C(CN1C(=O)S/C(=C/c2ccccc2)C1=O)N(CCO)Cc1ccccc1. The summed E-state index contributed by atoms with van der Waals surface area (Å²) in [5.41, 5.74) is 1.72. The number of amides is 3. The lowest BCUT2D eigenvalue weighted by molar-refractivity contribution is -0.136. The van der Waals surface area contributed by atoms with Crippen LogP contribution in [0.15, 0.2) is 65.6 Å². The Morgan fingerprint density at radius 3 is 2.32 bits per heavy atom. The molecule has 7 heteroatoms. The lowest BCUT2D eigenvalue weighted by Gasteiger charge is -2.24. The molecule has 2 aromatic rings. The zero-order valence-corrected chi connectivity index (χ0v) is 16.0. The van der Waals surface area contributed by atoms with Crippen LogP contribution in [0.5, 0.6) is 0 Å². The summed E-state index contributed by atoms with van der Waals surface area (Å²) >= 11 is 0.826. The van der Waals surface area contributed by atoms with Crippen molar-refractivity contribution in [3.05, 3.63) is 76.7 Å². The highest BCUT2D eigenvalue weighted by atomic mass is 32.2. The number of hydrogen-bond donors (Lipinski definition) is 1. The van der Waals surface area contributed by atoms with Gasteiger partial charge in [0.25, 0.3) is 11.1 Å². The first-order valence-electron chi connectivity index (χ1n) is 8.81. The van der Waals surface area contributed by atoms with Gasteiger partial charge in [-0.3, -0.25) is 19.3 Å². The zero-order chi connectivity index (χ0) is 19.9. The van der Waals surface area contributed by atoms with E-state index in [1.165, 1.54) is 4.90 Å². The van der Waals surface area contributed by atoms with Crippen LogP contribution in [-0.2, 0) is 16.1 Å². The van der Waals surface area contributed by atoms with Crippen molar-refractivity contribution in [3.8, 4) is 0 Å². The van der Waals surface area contributed by atoms with Gasteiger partial charge in [-0.25, -0.2) is 0 Å². The Balaban J connectivity index is 1.70. The molecule has 1 saturated heterocycles. The van der Waals surface area contributed by atoms with Crippen LogP contribution in [0.4, 0.5) is 4.79 Å². The molecule has 0 unspecified atom stereocenters. The number of aliphatic hydroxyl groups excluding tert-OH is 1. The predicted octanol–water partition coefficient (Wildman–Crippen LogP) is 2.74. The molecular formula is C21H20N2O4S. The number of carbonyl (C=O) groups is 3. The highest BCUT2D eigenvalue weighted by molar-refractivity contribution is 8.18. The van der Waals surface area contributed by atoms with E-state index >= 15 is 0 Å². The molecule has 0 atom stereocenters. The van der Waals surface area contributed by atoms with E-state index in [1.807, 2.05) is 60.7 Å². The number of carbonyl (C=O) groups excluding carboxylic acids is 3. The molecule has 1 N–H and O–H groups in total. The summed E-state index contributed by atoms with van der Waals surface area (Å²) in [5, 5.41) is 8.81. The van der Waals surface area contributed by atoms with Crippen LogP contribution >= 0.6 is 11.8 Å². The normalized spacial score (nSPS) is 15.3. The Bertz CT molecular complexity index is 884. The maximum absolute atomic E-state index is 12.7. The minimum Gasteiger partial charge on any atom is -0.395 e. The maximum Gasteiger partial charge on any atom is 0.294 e. The number of hydrogen-bond acceptors (Lipinski definition) is 5. The molecule has 2 aromatic carbocycles. The van der Waals surface area contributed by atoms with Gasteiger partial charge in [0.15, 0.2) is 0 Å². The summed E-state index contributed by atoms with van der Waals surface area (Å²) in [6, 6.07) is 18.6. The first-order chi connectivity index (χ1) is 13.6. The standard InChI is InChI=1S/C21H20N2O4S/c24-12-11-22(14-17-9-5-2-6-10-17)19(25)15-23-20(26)18(28-21(23)27)13-16-7-3-1-4-8-16/h1-10,13,24H,11-12,14-15H2/b18-13+. The van der Waals surface area contributed by atoms with Crippen LogP contribution in [0.1, 0.15) is 11.1 Å². The molecule has 0 aromatic heterocycles. The van der Waals surface area contributed by atoms with Gasteiger partial charge in [0, 0.05) is 13.1 Å². The summed E-state index contributed by atoms with van der Waals surface area (Å²) in [7, 11) is 0. The second kappa shape index (κ2) is 9.34. The molecule has 1 aliphatic rings. The highest BCUT2D eigenvalue weighted by Gasteiger charge is 2.37. The van der Waals surface area contributed by atoms with Gasteiger partial charge in [0.1, 0.15) is 6.54 Å². The van der Waals surface area contributed by atoms with Gasteiger partial charge in [-0.1, -0.05) is 60.7 Å². The van der Waals surface area contributed by atoms with Crippen molar-refractivity contribution >= 4 is 34.9 Å². The molecule has 0 spiro atoms. The maximum atomic E-state index is 12.7. The average molecular weight is 396 g/mol. The van der Waals surface area contributed by atoms with E-state index < -0.39 is 11.1 Å². The molecule has 1 fully saturated rings. The van der Waals surface area contributed by atoms with Crippen LogP contribution in [0.2, 0.25) is 0 Å². The number of nitrogens with zero attached hydrogens (tertiary/aromatic N) is 2. The van der Waals surface area contributed by atoms with Gasteiger partial charge in [-0.05, 0) is 29.0 Å². The lowest BCUT2D eigenvalue weighted by atomic mass is 10.2. The van der Waals surface area contributed by atoms with Gasteiger partial charge in [-0.2, -0.15) is 0 Å². The summed E-state index contributed by atoms with van der Waals surface area (Å²) in [6.45, 7) is -0.113. The smallest absolute Gasteiger partial charge is 0.294 e. The van der Waals surface area contributed by atoms with Crippen LogP contribution < -0.4 is 0 Å². The van der Waals surface area contributed by atoms with Crippen LogP contribution in [0.25, 0.3) is 6.08 Å². The third-order valence-corrected chi connectivity index (χ3v) is 5.11. The number of aliphatic hydroxyl groups is 1. The Kier molecular flexibility index (Phi) is 6.62. The second-order valence-corrected chi connectivity index (χ2v) is 7.20. The predicted molar refractivity (Wildman–Crippen MR) is 108 cm³/mol. The first-order valence-corrected chi connectivity index (χ1v) is 9.63. The van der Waals surface area contributed by atoms with E-state index in [4.69, 9.17) is 0 Å². The van der Waals surface area contributed by atoms with Gasteiger partial charge in [0.05, 0.1) is 11.5 Å². The summed E-state index contributed by atoms with van der Waals surface area (Å²) < 4.78 is 0. The molecule has 3 amide bonds. The van der Waals surface area contributed by atoms with Crippen molar-refractivity contribution in [2.45, 2.75) is 6.54 Å². The van der Waals surface area contributed by atoms with E-state index in [0.717, 1.165) is 27.8 Å². The molecule has 0 saturated carbocycles. The Morgan fingerprint density at radius 2 is 1.68 bits per heavy atom. The monoisotopic (exact) mass is 396 g/mol. The fourth-order valence-electron chi connectivity index (χ4n) is 2.79. The molecule has 1 heterocycles. The molecule has 0 aliphatic carbocycles. The van der Waals surface area contributed by atoms with Crippen molar-refractivity contribution in [2.24, 2.45) is 0 Å². The van der Waals surface area contributed by atoms with Crippen molar-refractivity contribution in [3.63, 3.8) is 0 Å². The minimum atomic E-state index is -0.476. The van der Waals surface area contributed by atoms with Gasteiger partial charge in [0.2, 0.25) is 5.91 Å². The molecule has 0 bridgehead atoms. The molecule has 1 aliphatic heterocycles. The van der Waals surface area contributed by atoms with Crippen molar-refractivity contribution < 1.29 is 19.5 Å². The van der Waals surface area contributed by atoms with E-state index in [1.54, 1.807) is 6.08 Å². The van der Waals surface area contributed by atoms with E-state index in [9.17, 15) is 19.5 Å². The molecule has 3 rings (SSSR count). The van der Waals surface area contributed by atoms with Crippen LogP contribution in [-0.4, -0.2) is 51.7 Å². The van der Waals surface area contributed by atoms with E-state index in [2.05, 4.69) is 0 Å². The largest absolute Gasteiger partial charge is 0.395 e. The first kappa shape index (κ1) is 19.9. The van der Waals surface area contributed by atoms with Crippen LogP contribution in [0.3, 0.4) is 0 Å². The highest BCUT2D eigenvalue weighted by Crippen LogP contribution is 2.32. The van der Waals surface area contributed by atoms with Crippen molar-refractivity contribution in [1.82, 2.24) is 9.80 Å². The number of imide groups is 1. The molecule has 28 heavy (non-hydrogen) atoms. The summed E-state index contributed by atoms with van der Waals surface area (Å²) in [6.07, 6.45) is 1.64. The number of benzene rings is 2. The number of rotatable bonds is 7. The van der Waals surface area contributed by atoms with Crippen molar-refractivity contribution in [1.29, 1.82) is 0 Å². The van der Waals surface area contributed by atoms with Crippen LogP contribution in [0, 0.1) is 0 Å². The number of thioether (sulfide) groups is 1. The average Bonchev–Trinajstić information content (AvgIpc) is 2.96. The van der Waals surface area contributed by atoms with Gasteiger partial charge < -0.3 is 10.0 Å². The fourth-order valence-corrected chi connectivity index (χ4v) is 3.63. The Labute approximate surface area is 167 Å². The van der Waals surface area contributed by atoms with Gasteiger partial charge in [-0.15, -0.1) is 0 Å². The van der Waals surface area contributed by atoms with Crippen molar-refractivity contribution in [2.75, 3.05) is 19.7 Å². The van der Waals surface area contributed by atoms with Gasteiger partial charge >= 0.3 is 0 Å². The molecule has 144 valence electrons. The zero-order valence-electron chi connectivity index (χ0n) is 15.2. The molecule has 0 radical (unpaired) electrons. The summed E-state index contributed by atoms with van der Waals surface area (Å²) in [4.78, 5) is 40.2. The Morgan fingerprint density at radius 1 is 1.04 bits per heavy atom.